The van der Waals surface area contributed by atoms with Crippen molar-refractivity contribution in [2.24, 2.45) is 0 Å². The molecule has 0 radical (unpaired) electrons. The molecule has 4 rings (SSSR count). The zero-order chi connectivity index (χ0) is 21.6. The quantitative estimate of drug-likeness (QED) is 0.513. The first-order chi connectivity index (χ1) is 15.1. The molecule has 0 bridgehead atoms. The van der Waals surface area contributed by atoms with E-state index in [0.717, 1.165) is 36.7 Å². The fraction of sp³-hybridized carbons (Fsp3) is 0.320. The SMILES string of the molecule is CC(=O)C[C@@H](C)c1ccc(OC2CCN(c3ccc(Oc4cnccn4)cc3)C2)cc1. The molecule has 2 atom stereocenters. The number of Topliss-reactive ketones (excluding diaryl/α,β-unsaturated/α-hetero) is 1. The van der Waals surface area contributed by atoms with Crippen LogP contribution in [0.1, 0.15) is 38.2 Å². The third kappa shape index (κ3) is 5.60. The van der Waals surface area contributed by atoms with Crippen molar-refractivity contribution in [3.8, 4) is 17.4 Å². The Balaban J connectivity index is 1.30. The van der Waals surface area contributed by atoms with E-state index in [1.54, 1.807) is 25.5 Å². The molecule has 2 aromatic carbocycles. The van der Waals surface area contributed by atoms with E-state index in [0.29, 0.717) is 12.3 Å². The van der Waals surface area contributed by atoms with Gasteiger partial charge in [-0.05, 0) is 54.8 Å². The molecule has 6 nitrogen and oxygen atoms in total. The van der Waals surface area contributed by atoms with E-state index in [-0.39, 0.29) is 17.8 Å². The summed E-state index contributed by atoms with van der Waals surface area (Å²) in [5, 5.41) is 0. The fourth-order valence-electron chi connectivity index (χ4n) is 3.86. The normalized spacial score (nSPS) is 16.7. The molecule has 1 saturated heterocycles. The summed E-state index contributed by atoms with van der Waals surface area (Å²) in [5.74, 6) is 2.53. The molecule has 0 N–H and O–H groups in total. The Bertz CT molecular complexity index is 991. The molecule has 1 aliphatic heterocycles. The van der Waals surface area contributed by atoms with Crippen LogP contribution in [0, 0.1) is 0 Å². The maximum absolute atomic E-state index is 11.3. The topological polar surface area (TPSA) is 64.5 Å². The second kappa shape index (κ2) is 9.60. The molecule has 1 aliphatic rings. The van der Waals surface area contributed by atoms with Crippen molar-refractivity contribution in [2.75, 3.05) is 18.0 Å². The van der Waals surface area contributed by atoms with Crippen LogP contribution in [0.4, 0.5) is 5.69 Å². The Morgan fingerprint density at radius 2 is 1.84 bits per heavy atom. The van der Waals surface area contributed by atoms with Crippen LogP contribution in [0.3, 0.4) is 0 Å². The van der Waals surface area contributed by atoms with Gasteiger partial charge in [0.25, 0.3) is 0 Å². The highest BCUT2D eigenvalue weighted by Gasteiger charge is 2.24. The van der Waals surface area contributed by atoms with Gasteiger partial charge in [0, 0.05) is 37.5 Å². The predicted molar refractivity (Wildman–Crippen MR) is 120 cm³/mol. The van der Waals surface area contributed by atoms with Crippen LogP contribution in [0.15, 0.2) is 67.1 Å². The monoisotopic (exact) mass is 417 g/mol. The molecular formula is C25H27N3O3. The number of ether oxygens (including phenoxy) is 2. The number of hydrogen-bond acceptors (Lipinski definition) is 6. The summed E-state index contributed by atoms with van der Waals surface area (Å²) in [5.41, 5.74) is 2.31. The summed E-state index contributed by atoms with van der Waals surface area (Å²) in [7, 11) is 0. The van der Waals surface area contributed by atoms with Gasteiger partial charge in [0.1, 0.15) is 23.4 Å². The summed E-state index contributed by atoms with van der Waals surface area (Å²) in [4.78, 5) is 21.8. The van der Waals surface area contributed by atoms with Gasteiger partial charge in [0.15, 0.2) is 0 Å². The lowest BCUT2D eigenvalue weighted by Gasteiger charge is -2.19. The summed E-state index contributed by atoms with van der Waals surface area (Å²) >= 11 is 0. The van der Waals surface area contributed by atoms with Crippen molar-refractivity contribution >= 4 is 11.5 Å². The zero-order valence-electron chi connectivity index (χ0n) is 17.9. The van der Waals surface area contributed by atoms with E-state index in [1.807, 2.05) is 24.3 Å². The maximum Gasteiger partial charge on any atom is 0.237 e. The number of anilines is 1. The summed E-state index contributed by atoms with van der Waals surface area (Å²) in [6.45, 7) is 5.50. The van der Waals surface area contributed by atoms with Crippen molar-refractivity contribution in [2.45, 2.75) is 38.7 Å². The summed E-state index contributed by atoms with van der Waals surface area (Å²) in [6.07, 6.45) is 6.50. The van der Waals surface area contributed by atoms with Gasteiger partial charge in [-0.3, -0.25) is 4.98 Å². The maximum atomic E-state index is 11.3. The molecule has 6 heteroatoms. The highest BCUT2D eigenvalue weighted by atomic mass is 16.5. The Labute approximate surface area is 182 Å². The van der Waals surface area contributed by atoms with E-state index >= 15 is 0 Å². The van der Waals surface area contributed by atoms with Gasteiger partial charge in [-0.15, -0.1) is 0 Å². The highest BCUT2D eigenvalue weighted by Crippen LogP contribution is 2.28. The number of rotatable bonds is 8. The van der Waals surface area contributed by atoms with Crippen molar-refractivity contribution < 1.29 is 14.3 Å². The van der Waals surface area contributed by atoms with Crippen LogP contribution in [0.25, 0.3) is 0 Å². The van der Waals surface area contributed by atoms with Gasteiger partial charge in [-0.1, -0.05) is 19.1 Å². The molecule has 1 aromatic heterocycles. The standard InChI is InChI=1S/C25H27N3O3/c1-18(15-19(2)29)20-3-7-22(8-4-20)30-24-11-14-28(17-24)21-5-9-23(10-6-21)31-25-16-26-12-13-27-25/h3-10,12-13,16,18,24H,11,14-15,17H2,1-2H3/t18-,24?/m1/s1. The smallest absolute Gasteiger partial charge is 0.237 e. The van der Waals surface area contributed by atoms with Crippen molar-refractivity contribution in [1.29, 1.82) is 0 Å². The van der Waals surface area contributed by atoms with E-state index in [9.17, 15) is 4.79 Å². The largest absolute Gasteiger partial charge is 0.489 e. The van der Waals surface area contributed by atoms with Gasteiger partial charge in [0.05, 0.1) is 12.7 Å². The van der Waals surface area contributed by atoms with Crippen LogP contribution >= 0.6 is 0 Å². The molecule has 31 heavy (non-hydrogen) atoms. The van der Waals surface area contributed by atoms with Crippen LogP contribution < -0.4 is 14.4 Å². The molecular weight excluding hydrogens is 390 g/mol. The van der Waals surface area contributed by atoms with Crippen LogP contribution in [-0.4, -0.2) is 34.9 Å². The van der Waals surface area contributed by atoms with Gasteiger partial charge in [0.2, 0.25) is 5.88 Å². The van der Waals surface area contributed by atoms with E-state index < -0.39 is 0 Å². The molecule has 0 spiro atoms. The highest BCUT2D eigenvalue weighted by molar-refractivity contribution is 5.76. The Morgan fingerprint density at radius 1 is 1.10 bits per heavy atom. The lowest BCUT2D eigenvalue weighted by molar-refractivity contribution is -0.117. The van der Waals surface area contributed by atoms with E-state index in [1.165, 1.54) is 5.56 Å². The number of carbonyl (C=O) groups is 1. The minimum Gasteiger partial charge on any atom is -0.489 e. The van der Waals surface area contributed by atoms with E-state index in [4.69, 9.17) is 9.47 Å². The molecule has 0 saturated carbocycles. The first-order valence-electron chi connectivity index (χ1n) is 10.6. The third-order valence-electron chi connectivity index (χ3n) is 5.45. The average molecular weight is 418 g/mol. The first-order valence-corrected chi connectivity index (χ1v) is 10.6. The van der Waals surface area contributed by atoms with Crippen molar-refractivity contribution in [3.63, 3.8) is 0 Å². The number of nitrogens with zero attached hydrogens (tertiary/aromatic N) is 3. The van der Waals surface area contributed by atoms with Gasteiger partial charge in [-0.25, -0.2) is 4.98 Å². The lowest BCUT2D eigenvalue weighted by Crippen LogP contribution is -2.24. The average Bonchev–Trinajstić information content (AvgIpc) is 3.23. The van der Waals surface area contributed by atoms with Gasteiger partial charge >= 0.3 is 0 Å². The number of aromatic nitrogens is 2. The summed E-state index contributed by atoms with van der Waals surface area (Å²) in [6, 6.07) is 16.1. The van der Waals surface area contributed by atoms with Gasteiger partial charge in [-0.2, -0.15) is 0 Å². The second-order valence-corrected chi connectivity index (χ2v) is 7.99. The molecule has 160 valence electrons. The minimum absolute atomic E-state index is 0.149. The Morgan fingerprint density at radius 3 is 2.52 bits per heavy atom. The number of benzene rings is 2. The Kier molecular flexibility index (Phi) is 6.46. The number of hydrogen-bond donors (Lipinski definition) is 0. The number of ketones is 1. The van der Waals surface area contributed by atoms with Crippen LogP contribution in [0.5, 0.6) is 17.4 Å². The fourth-order valence-corrected chi connectivity index (χ4v) is 3.86. The van der Waals surface area contributed by atoms with Crippen molar-refractivity contribution in [3.05, 3.63) is 72.7 Å². The molecule has 3 aromatic rings. The molecule has 0 amide bonds. The molecule has 1 fully saturated rings. The lowest BCUT2D eigenvalue weighted by atomic mass is 9.96. The molecule has 0 aliphatic carbocycles. The first kappa shape index (κ1) is 20.8. The predicted octanol–water partition coefficient (Wildman–Crippen LogP) is 5.01. The second-order valence-electron chi connectivity index (χ2n) is 7.99. The van der Waals surface area contributed by atoms with Gasteiger partial charge < -0.3 is 19.2 Å². The van der Waals surface area contributed by atoms with Crippen LogP contribution in [-0.2, 0) is 4.79 Å². The molecule has 1 unspecified atom stereocenters. The molecule has 2 heterocycles. The summed E-state index contributed by atoms with van der Waals surface area (Å²) < 4.78 is 11.9. The van der Waals surface area contributed by atoms with Crippen molar-refractivity contribution in [1.82, 2.24) is 9.97 Å². The minimum atomic E-state index is 0.149. The van der Waals surface area contributed by atoms with Crippen LogP contribution in [0.2, 0.25) is 0 Å². The van der Waals surface area contributed by atoms with E-state index in [2.05, 4.69) is 46.1 Å². The number of carbonyl (C=O) groups excluding carboxylic acids is 1. The Hall–Kier alpha value is -3.41. The zero-order valence-corrected chi connectivity index (χ0v) is 17.9. The third-order valence-corrected chi connectivity index (χ3v) is 5.45.